The molecule has 0 heterocycles. The van der Waals surface area contributed by atoms with Crippen LogP contribution in [0.2, 0.25) is 0 Å². The molecule has 2 aromatic rings. The number of benzene rings is 2. The van der Waals surface area contributed by atoms with E-state index < -0.39 is 17.7 Å². The van der Waals surface area contributed by atoms with Crippen molar-refractivity contribution in [2.45, 2.75) is 12.5 Å². The molecule has 0 aliphatic rings. The smallest absolute Gasteiger partial charge is 0.132 e. The fourth-order valence-electron chi connectivity index (χ4n) is 2.01. The molecule has 1 atom stereocenters. The fraction of sp³-hybridized carbons (Fsp3) is 0.294. The number of methoxy groups -OCH3 is 1. The van der Waals surface area contributed by atoms with E-state index in [-0.39, 0.29) is 12.2 Å². The van der Waals surface area contributed by atoms with E-state index >= 15 is 0 Å². The Balaban J connectivity index is 1.91. The van der Waals surface area contributed by atoms with Crippen LogP contribution in [0.1, 0.15) is 17.2 Å². The van der Waals surface area contributed by atoms with Gasteiger partial charge in [0.25, 0.3) is 0 Å². The van der Waals surface area contributed by atoms with Crippen LogP contribution in [0.5, 0.6) is 5.75 Å². The van der Waals surface area contributed by atoms with Crippen molar-refractivity contribution in [2.75, 3.05) is 20.3 Å². The van der Waals surface area contributed by atoms with Crippen molar-refractivity contribution in [3.63, 3.8) is 0 Å². The largest absolute Gasteiger partial charge is 0.491 e. The van der Waals surface area contributed by atoms with E-state index in [9.17, 15) is 13.9 Å². The van der Waals surface area contributed by atoms with Gasteiger partial charge in [0.15, 0.2) is 0 Å². The Morgan fingerprint density at radius 2 is 1.82 bits per heavy atom. The van der Waals surface area contributed by atoms with Crippen LogP contribution in [0, 0.1) is 11.6 Å². The standard InChI is InChI=1S/C17H18F2O3/c1-21-9-8-12-2-5-14(6-3-12)22-11-17(20)15-7-4-13(18)10-16(15)19/h2-7,10,17,20H,8-9,11H2,1H3. The van der Waals surface area contributed by atoms with Gasteiger partial charge < -0.3 is 14.6 Å². The van der Waals surface area contributed by atoms with E-state index in [0.29, 0.717) is 12.4 Å². The van der Waals surface area contributed by atoms with Gasteiger partial charge in [-0.2, -0.15) is 0 Å². The molecule has 0 spiro atoms. The summed E-state index contributed by atoms with van der Waals surface area (Å²) in [7, 11) is 1.65. The number of rotatable bonds is 7. The summed E-state index contributed by atoms with van der Waals surface area (Å²) in [6.45, 7) is 0.530. The van der Waals surface area contributed by atoms with Crippen LogP contribution in [-0.2, 0) is 11.2 Å². The molecular weight excluding hydrogens is 290 g/mol. The minimum Gasteiger partial charge on any atom is -0.491 e. The lowest BCUT2D eigenvalue weighted by molar-refractivity contribution is 0.105. The highest BCUT2D eigenvalue weighted by Crippen LogP contribution is 2.20. The molecule has 3 nitrogen and oxygen atoms in total. The first-order valence-electron chi connectivity index (χ1n) is 6.94. The van der Waals surface area contributed by atoms with Crippen LogP contribution in [0.15, 0.2) is 42.5 Å². The molecule has 0 radical (unpaired) electrons. The minimum absolute atomic E-state index is 0.0121. The van der Waals surface area contributed by atoms with Crippen LogP contribution in [0.3, 0.4) is 0 Å². The van der Waals surface area contributed by atoms with Crippen molar-refractivity contribution in [2.24, 2.45) is 0 Å². The molecular formula is C17H18F2O3. The topological polar surface area (TPSA) is 38.7 Å². The molecule has 2 aromatic carbocycles. The van der Waals surface area contributed by atoms with Gasteiger partial charge in [-0.1, -0.05) is 18.2 Å². The molecule has 0 bridgehead atoms. The van der Waals surface area contributed by atoms with Gasteiger partial charge in [0.05, 0.1) is 6.61 Å². The normalized spacial score (nSPS) is 12.2. The van der Waals surface area contributed by atoms with Gasteiger partial charge in [-0.25, -0.2) is 8.78 Å². The Labute approximate surface area is 128 Å². The van der Waals surface area contributed by atoms with E-state index in [1.165, 1.54) is 6.07 Å². The number of aliphatic hydroxyl groups excluding tert-OH is 1. The first kappa shape index (κ1) is 16.4. The lowest BCUT2D eigenvalue weighted by atomic mass is 10.1. The third-order valence-electron chi connectivity index (χ3n) is 3.25. The Bertz CT molecular complexity index is 599. The molecule has 2 rings (SSSR count). The lowest BCUT2D eigenvalue weighted by Gasteiger charge is -2.14. The molecule has 0 saturated heterocycles. The Morgan fingerprint density at radius 1 is 1.09 bits per heavy atom. The second-order valence-corrected chi connectivity index (χ2v) is 4.88. The summed E-state index contributed by atoms with van der Waals surface area (Å²) in [5.41, 5.74) is 1.12. The van der Waals surface area contributed by atoms with Crippen molar-refractivity contribution in [1.29, 1.82) is 0 Å². The minimum atomic E-state index is -1.16. The van der Waals surface area contributed by atoms with Gasteiger partial charge >= 0.3 is 0 Å². The van der Waals surface area contributed by atoms with Crippen LogP contribution < -0.4 is 4.74 Å². The number of hydrogen-bond donors (Lipinski definition) is 1. The second kappa shape index (κ2) is 7.87. The molecule has 0 aliphatic carbocycles. The Hall–Kier alpha value is -1.98. The molecule has 0 aromatic heterocycles. The quantitative estimate of drug-likeness (QED) is 0.853. The zero-order valence-electron chi connectivity index (χ0n) is 12.3. The number of halogens is 2. The highest BCUT2D eigenvalue weighted by Gasteiger charge is 2.14. The van der Waals surface area contributed by atoms with Crippen LogP contribution in [-0.4, -0.2) is 25.4 Å². The van der Waals surface area contributed by atoms with Crippen molar-refractivity contribution in [3.8, 4) is 5.75 Å². The van der Waals surface area contributed by atoms with Crippen molar-refractivity contribution in [1.82, 2.24) is 0 Å². The van der Waals surface area contributed by atoms with Gasteiger partial charge in [0, 0.05) is 18.7 Å². The van der Waals surface area contributed by atoms with E-state index in [4.69, 9.17) is 9.47 Å². The number of ether oxygens (including phenoxy) is 2. The van der Waals surface area contributed by atoms with Crippen LogP contribution in [0.25, 0.3) is 0 Å². The van der Waals surface area contributed by atoms with Crippen molar-refractivity contribution < 1.29 is 23.4 Å². The van der Waals surface area contributed by atoms with E-state index in [2.05, 4.69) is 0 Å². The summed E-state index contributed by atoms with van der Waals surface area (Å²) in [5.74, 6) is -0.894. The molecule has 1 N–H and O–H groups in total. The average molecular weight is 308 g/mol. The Morgan fingerprint density at radius 3 is 2.45 bits per heavy atom. The summed E-state index contributed by atoms with van der Waals surface area (Å²) in [6, 6.07) is 10.4. The van der Waals surface area contributed by atoms with Crippen LogP contribution in [0.4, 0.5) is 8.78 Å². The summed E-state index contributed by atoms with van der Waals surface area (Å²) in [5, 5.41) is 9.92. The molecule has 22 heavy (non-hydrogen) atoms. The van der Waals surface area contributed by atoms with Crippen LogP contribution >= 0.6 is 0 Å². The van der Waals surface area contributed by atoms with Gasteiger partial charge in [0.1, 0.15) is 30.1 Å². The number of aliphatic hydroxyl groups is 1. The van der Waals surface area contributed by atoms with Gasteiger partial charge in [-0.15, -0.1) is 0 Å². The third-order valence-corrected chi connectivity index (χ3v) is 3.25. The lowest BCUT2D eigenvalue weighted by Crippen LogP contribution is -2.11. The SMILES string of the molecule is COCCc1ccc(OCC(O)c2ccc(F)cc2F)cc1. The monoisotopic (exact) mass is 308 g/mol. The maximum absolute atomic E-state index is 13.5. The number of hydrogen-bond acceptors (Lipinski definition) is 3. The zero-order valence-corrected chi connectivity index (χ0v) is 12.3. The van der Waals surface area contributed by atoms with E-state index in [1.54, 1.807) is 19.2 Å². The summed E-state index contributed by atoms with van der Waals surface area (Å²) >= 11 is 0. The maximum atomic E-state index is 13.5. The zero-order chi connectivity index (χ0) is 15.9. The average Bonchev–Trinajstić information content (AvgIpc) is 2.51. The summed E-state index contributed by atoms with van der Waals surface area (Å²) < 4.78 is 36.8. The van der Waals surface area contributed by atoms with Gasteiger partial charge in [-0.3, -0.25) is 0 Å². The third kappa shape index (κ3) is 4.51. The van der Waals surface area contributed by atoms with Crippen molar-refractivity contribution in [3.05, 3.63) is 65.2 Å². The predicted octanol–water partition coefficient (Wildman–Crippen LogP) is 3.27. The molecule has 118 valence electrons. The molecule has 0 fully saturated rings. The highest BCUT2D eigenvalue weighted by atomic mass is 19.1. The molecule has 0 aliphatic heterocycles. The van der Waals surface area contributed by atoms with Gasteiger partial charge in [0.2, 0.25) is 0 Å². The van der Waals surface area contributed by atoms with Gasteiger partial charge in [-0.05, 0) is 30.2 Å². The highest BCUT2D eigenvalue weighted by molar-refractivity contribution is 5.28. The maximum Gasteiger partial charge on any atom is 0.132 e. The molecule has 0 amide bonds. The summed E-state index contributed by atoms with van der Waals surface area (Å²) in [6.07, 6.45) is -0.353. The predicted molar refractivity (Wildman–Crippen MR) is 78.8 cm³/mol. The second-order valence-electron chi connectivity index (χ2n) is 4.88. The van der Waals surface area contributed by atoms with E-state index in [0.717, 1.165) is 24.1 Å². The van der Waals surface area contributed by atoms with E-state index in [1.807, 2.05) is 12.1 Å². The molecule has 1 unspecified atom stereocenters. The first-order valence-corrected chi connectivity index (χ1v) is 6.94. The fourth-order valence-corrected chi connectivity index (χ4v) is 2.01. The molecule has 5 heteroatoms. The Kier molecular flexibility index (Phi) is 5.86. The first-order chi connectivity index (χ1) is 10.6. The molecule has 0 saturated carbocycles. The summed E-state index contributed by atoms with van der Waals surface area (Å²) in [4.78, 5) is 0. The van der Waals surface area contributed by atoms with Crippen molar-refractivity contribution >= 4 is 0 Å².